The Morgan fingerprint density at radius 3 is 2.81 bits per heavy atom. The fourth-order valence-corrected chi connectivity index (χ4v) is 2.58. The van der Waals surface area contributed by atoms with E-state index in [9.17, 15) is 14.0 Å². The van der Waals surface area contributed by atoms with Crippen LogP contribution in [0.4, 0.5) is 4.39 Å². The number of aromatic amines is 1. The van der Waals surface area contributed by atoms with Crippen molar-refractivity contribution in [3.63, 3.8) is 0 Å². The molecule has 140 valence electrons. The van der Waals surface area contributed by atoms with Gasteiger partial charge in [-0.3, -0.25) is 24.7 Å². The lowest BCUT2D eigenvalue weighted by Crippen LogP contribution is -2.31. The molecule has 0 bridgehead atoms. The van der Waals surface area contributed by atoms with E-state index in [1.807, 2.05) is 14.0 Å². The summed E-state index contributed by atoms with van der Waals surface area (Å²) in [4.78, 5) is 34.5. The number of rotatable bonds is 6. The third-order valence-corrected chi connectivity index (χ3v) is 4.08. The van der Waals surface area contributed by atoms with Crippen molar-refractivity contribution in [3.8, 4) is 0 Å². The lowest BCUT2D eigenvalue weighted by Gasteiger charge is -2.14. The molecule has 0 fully saturated rings. The van der Waals surface area contributed by atoms with Crippen molar-refractivity contribution < 1.29 is 4.39 Å². The summed E-state index contributed by atoms with van der Waals surface area (Å²) in [5.41, 5.74) is -0.519. The van der Waals surface area contributed by atoms with E-state index in [0.29, 0.717) is 5.92 Å². The van der Waals surface area contributed by atoms with E-state index in [-0.39, 0.29) is 23.7 Å². The molecule has 7 nitrogen and oxygen atoms in total. The molecule has 1 atom stereocenters. The van der Waals surface area contributed by atoms with Crippen LogP contribution in [0.5, 0.6) is 0 Å². The highest BCUT2D eigenvalue weighted by Crippen LogP contribution is 2.16. The molecule has 0 saturated heterocycles. The molecule has 0 aromatic carbocycles. The largest absolute Gasteiger partial charge is 0.330 e. The van der Waals surface area contributed by atoms with Crippen molar-refractivity contribution >= 4 is 28.8 Å². The van der Waals surface area contributed by atoms with E-state index in [2.05, 4.69) is 34.1 Å². The predicted octanol–water partition coefficient (Wildman–Crippen LogP) is 2.10. The normalized spacial score (nSPS) is 13.9. The van der Waals surface area contributed by atoms with Crippen LogP contribution in [0.15, 0.2) is 32.3 Å². The maximum absolute atomic E-state index is 13.6. The van der Waals surface area contributed by atoms with Crippen LogP contribution in [-0.2, 0) is 6.54 Å². The summed E-state index contributed by atoms with van der Waals surface area (Å²) in [6.07, 6.45) is 3.41. The van der Waals surface area contributed by atoms with Crippen molar-refractivity contribution in [3.05, 3.63) is 49.5 Å². The number of H-pyrrole nitrogens is 1. The molecule has 0 amide bonds. The van der Waals surface area contributed by atoms with Gasteiger partial charge in [-0.25, -0.2) is 14.2 Å². The fraction of sp³-hybridized carbons (Fsp3) is 0.412. The van der Waals surface area contributed by atoms with Crippen LogP contribution in [0, 0.1) is 11.7 Å². The number of aromatic nitrogens is 3. The zero-order valence-corrected chi connectivity index (χ0v) is 15.8. The summed E-state index contributed by atoms with van der Waals surface area (Å²) in [6.45, 7) is 6.06. The summed E-state index contributed by atoms with van der Waals surface area (Å²) in [7, 11) is 1.83. The maximum Gasteiger partial charge on any atom is 0.330 e. The molecule has 0 aliphatic carbocycles. The molecule has 26 heavy (non-hydrogen) atoms. The van der Waals surface area contributed by atoms with E-state index in [1.165, 1.54) is 4.57 Å². The Labute approximate surface area is 154 Å². The van der Waals surface area contributed by atoms with Crippen LogP contribution in [0.2, 0.25) is 5.15 Å². The molecule has 2 aromatic rings. The lowest BCUT2D eigenvalue weighted by atomic mass is 10.1. The van der Waals surface area contributed by atoms with Gasteiger partial charge in [0.25, 0.3) is 5.56 Å². The molecule has 0 aliphatic heterocycles. The first kappa shape index (κ1) is 20.0. The van der Waals surface area contributed by atoms with Gasteiger partial charge in [-0.05, 0) is 32.0 Å². The predicted molar refractivity (Wildman–Crippen MR) is 102 cm³/mol. The number of fused-ring (bicyclic) bond motifs is 1. The smallest absolute Gasteiger partial charge is 0.299 e. The molecule has 0 saturated carbocycles. The maximum atomic E-state index is 13.6. The molecule has 2 aromatic heterocycles. The second kappa shape index (κ2) is 8.37. The Balaban J connectivity index is 2.40. The van der Waals surface area contributed by atoms with E-state index in [1.54, 1.807) is 12.3 Å². The summed E-state index contributed by atoms with van der Waals surface area (Å²) < 4.78 is 14.8. The van der Waals surface area contributed by atoms with Gasteiger partial charge in [0.1, 0.15) is 6.17 Å². The first-order valence-electron chi connectivity index (χ1n) is 8.09. The van der Waals surface area contributed by atoms with Gasteiger partial charge >= 0.3 is 5.69 Å². The van der Waals surface area contributed by atoms with Crippen LogP contribution >= 0.6 is 11.6 Å². The van der Waals surface area contributed by atoms with Crippen LogP contribution in [0.25, 0.3) is 11.0 Å². The molecular weight excluding hydrogens is 361 g/mol. The number of hydrogen-bond donors (Lipinski definition) is 2. The fourth-order valence-electron chi connectivity index (χ4n) is 2.45. The van der Waals surface area contributed by atoms with Gasteiger partial charge in [0.2, 0.25) is 0 Å². The van der Waals surface area contributed by atoms with Gasteiger partial charge in [0.15, 0.2) is 16.6 Å². The molecule has 9 heteroatoms. The van der Waals surface area contributed by atoms with E-state index in [0.717, 1.165) is 11.6 Å². The van der Waals surface area contributed by atoms with E-state index >= 15 is 0 Å². The Bertz CT molecular complexity index is 978. The third kappa shape index (κ3) is 4.44. The molecule has 1 unspecified atom stereocenters. The highest BCUT2D eigenvalue weighted by molar-refractivity contribution is 6.29. The van der Waals surface area contributed by atoms with Crippen LogP contribution in [0.1, 0.15) is 20.8 Å². The highest BCUT2D eigenvalue weighted by Gasteiger charge is 2.13. The van der Waals surface area contributed by atoms with Crippen molar-refractivity contribution in [1.82, 2.24) is 19.9 Å². The number of nitrogens with one attached hydrogen (secondary N) is 2. The second-order valence-electron chi connectivity index (χ2n) is 6.27. The van der Waals surface area contributed by atoms with Gasteiger partial charge in [0, 0.05) is 6.21 Å². The standard InChI is InChI=1S/C17H21ClFN5O2/c1-9(2)14(20-4)21-6-5-10(3)8-24-15-11(16(25)23-17(24)26)7-12(19)13(18)22-15/h5-7,9,14,20H,8H2,1-4H3,(H,23,25,26)/b10-5-,21-6?. The highest BCUT2D eigenvalue weighted by atomic mass is 35.5. The Morgan fingerprint density at radius 2 is 2.19 bits per heavy atom. The number of nitrogens with zero attached hydrogens (tertiary/aromatic N) is 3. The minimum atomic E-state index is -0.818. The van der Waals surface area contributed by atoms with Crippen LogP contribution in [0.3, 0.4) is 0 Å². The average molecular weight is 382 g/mol. The van der Waals surface area contributed by atoms with Crippen molar-refractivity contribution in [2.75, 3.05) is 7.05 Å². The molecular formula is C17H21ClFN5O2. The van der Waals surface area contributed by atoms with Gasteiger partial charge in [-0.2, -0.15) is 0 Å². The number of halogens is 2. The zero-order valence-electron chi connectivity index (χ0n) is 15.0. The Kier molecular flexibility index (Phi) is 6.44. The van der Waals surface area contributed by atoms with Crippen molar-refractivity contribution in [2.45, 2.75) is 33.5 Å². The van der Waals surface area contributed by atoms with E-state index in [4.69, 9.17) is 11.6 Å². The molecule has 2 N–H and O–H groups in total. The zero-order chi connectivity index (χ0) is 19.4. The average Bonchev–Trinajstić information content (AvgIpc) is 2.57. The Morgan fingerprint density at radius 1 is 1.50 bits per heavy atom. The van der Waals surface area contributed by atoms with Crippen molar-refractivity contribution in [2.24, 2.45) is 10.9 Å². The first-order chi connectivity index (χ1) is 12.2. The Hall–Kier alpha value is -2.32. The topological polar surface area (TPSA) is 92.1 Å². The number of allylic oxidation sites excluding steroid dienone is 2. The monoisotopic (exact) mass is 381 g/mol. The van der Waals surface area contributed by atoms with E-state index < -0.39 is 22.2 Å². The van der Waals surface area contributed by atoms with Crippen LogP contribution < -0.4 is 16.6 Å². The van der Waals surface area contributed by atoms with Gasteiger partial charge in [0.05, 0.1) is 11.9 Å². The summed E-state index contributed by atoms with van der Waals surface area (Å²) >= 11 is 5.71. The minimum Gasteiger partial charge on any atom is -0.299 e. The summed E-state index contributed by atoms with van der Waals surface area (Å²) in [5.74, 6) is -0.488. The van der Waals surface area contributed by atoms with Gasteiger partial charge in [-0.15, -0.1) is 0 Å². The van der Waals surface area contributed by atoms with Gasteiger partial charge in [-0.1, -0.05) is 31.0 Å². The lowest BCUT2D eigenvalue weighted by molar-refractivity contribution is 0.444. The molecule has 2 rings (SSSR count). The number of aliphatic imine (C=N–C) groups is 1. The number of hydrogen-bond acceptors (Lipinski definition) is 5. The summed E-state index contributed by atoms with van der Waals surface area (Å²) in [5, 5.41) is 2.66. The van der Waals surface area contributed by atoms with Crippen LogP contribution in [-0.4, -0.2) is 34.0 Å². The molecule has 0 spiro atoms. The SMILES string of the molecule is CNC(N=C/C=C(/C)Cn1c(=O)[nH]c(=O)c2cc(F)c(Cl)nc21)C(C)C. The first-order valence-corrected chi connectivity index (χ1v) is 8.47. The molecule has 0 aliphatic rings. The quantitative estimate of drug-likeness (QED) is 0.592. The molecule has 0 radical (unpaired) electrons. The minimum absolute atomic E-state index is 0.0147. The summed E-state index contributed by atoms with van der Waals surface area (Å²) in [6, 6.07) is 0.972. The molecule has 2 heterocycles. The van der Waals surface area contributed by atoms with Crippen molar-refractivity contribution in [1.29, 1.82) is 0 Å². The van der Waals surface area contributed by atoms with Gasteiger partial charge < -0.3 is 0 Å². The number of pyridine rings is 1. The second-order valence-corrected chi connectivity index (χ2v) is 6.62. The third-order valence-electron chi connectivity index (χ3n) is 3.82.